The van der Waals surface area contributed by atoms with Crippen LogP contribution in [0.1, 0.15) is 25.3 Å². The van der Waals surface area contributed by atoms with Gasteiger partial charge in [0.2, 0.25) is 5.91 Å². The summed E-state index contributed by atoms with van der Waals surface area (Å²) >= 11 is 0. The van der Waals surface area contributed by atoms with Crippen LogP contribution in [0.5, 0.6) is 0 Å². The Bertz CT molecular complexity index is 743. The summed E-state index contributed by atoms with van der Waals surface area (Å²) in [5.41, 5.74) is 1.25. The summed E-state index contributed by atoms with van der Waals surface area (Å²) < 4.78 is 11.5. The molecule has 132 valence electrons. The van der Waals surface area contributed by atoms with Crippen LogP contribution < -0.4 is 4.90 Å². The summed E-state index contributed by atoms with van der Waals surface area (Å²) in [6, 6.07) is 7.85. The predicted octanol–water partition coefficient (Wildman–Crippen LogP) is 2.62. The van der Waals surface area contributed by atoms with Gasteiger partial charge >= 0.3 is 5.97 Å². The van der Waals surface area contributed by atoms with E-state index < -0.39 is 17.4 Å². The molecule has 3 heterocycles. The number of benzene rings is 1. The first-order chi connectivity index (χ1) is 12.1. The minimum Gasteiger partial charge on any atom is -0.465 e. The van der Waals surface area contributed by atoms with E-state index in [0.717, 1.165) is 24.1 Å². The van der Waals surface area contributed by atoms with E-state index in [-0.39, 0.29) is 18.0 Å². The number of hydrogen-bond donors (Lipinski definition) is 0. The maximum Gasteiger partial charge on any atom is 0.312 e. The molecule has 1 aromatic carbocycles. The Morgan fingerprint density at radius 1 is 1.44 bits per heavy atom. The van der Waals surface area contributed by atoms with E-state index in [4.69, 9.17) is 9.47 Å². The van der Waals surface area contributed by atoms with E-state index in [9.17, 15) is 9.59 Å². The molecule has 0 aliphatic carbocycles. The molecule has 25 heavy (non-hydrogen) atoms. The van der Waals surface area contributed by atoms with Gasteiger partial charge in [0.15, 0.2) is 0 Å². The molecule has 0 N–H and O–H groups in total. The van der Waals surface area contributed by atoms with Crippen LogP contribution in [0.3, 0.4) is 0 Å². The Kier molecular flexibility index (Phi) is 3.91. The molecule has 0 unspecified atom stereocenters. The van der Waals surface area contributed by atoms with Gasteiger partial charge in [-0.05, 0) is 31.0 Å². The number of ether oxygens (including phenoxy) is 2. The fourth-order valence-electron chi connectivity index (χ4n) is 4.20. The first kappa shape index (κ1) is 16.3. The van der Waals surface area contributed by atoms with Crippen molar-refractivity contribution in [2.75, 3.05) is 18.1 Å². The van der Waals surface area contributed by atoms with Gasteiger partial charge in [0.25, 0.3) is 0 Å². The topological polar surface area (TPSA) is 55.8 Å². The number of anilines is 1. The average Bonchev–Trinajstić information content (AvgIpc) is 3.23. The van der Waals surface area contributed by atoms with Crippen LogP contribution in [0.15, 0.2) is 36.4 Å². The van der Waals surface area contributed by atoms with Gasteiger partial charge in [-0.15, -0.1) is 0 Å². The largest absolute Gasteiger partial charge is 0.465 e. The van der Waals surface area contributed by atoms with Crippen molar-refractivity contribution in [3.8, 4) is 0 Å². The summed E-state index contributed by atoms with van der Waals surface area (Å²) in [5.74, 6) is -1.38. The lowest BCUT2D eigenvalue weighted by Gasteiger charge is -2.22. The van der Waals surface area contributed by atoms with Gasteiger partial charge in [0.1, 0.15) is 11.5 Å². The molecule has 3 aliphatic rings. The predicted molar refractivity (Wildman–Crippen MR) is 93.1 cm³/mol. The third kappa shape index (κ3) is 2.49. The highest BCUT2D eigenvalue weighted by Crippen LogP contribution is 2.52. The Balaban J connectivity index is 1.60. The molecular weight excluding hydrogens is 318 g/mol. The van der Waals surface area contributed by atoms with Crippen LogP contribution in [0.25, 0.3) is 0 Å². The zero-order chi connectivity index (χ0) is 17.6. The van der Waals surface area contributed by atoms with E-state index in [1.165, 1.54) is 0 Å². The molecule has 0 aromatic heterocycles. The van der Waals surface area contributed by atoms with Gasteiger partial charge in [-0.25, -0.2) is 0 Å². The Labute approximate surface area is 147 Å². The van der Waals surface area contributed by atoms with Crippen molar-refractivity contribution < 1.29 is 19.1 Å². The molecule has 1 aromatic rings. The van der Waals surface area contributed by atoms with Crippen LogP contribution in [0.2, 0.25) is 0 Å². The summed E-state index contributed by atoms with van der Waals surface area (Å²) in [4.78, 5) is 27.5. The number of amides is 1. The smallest absolute Gasteiger partial charge is 0.312 e. The Morgan fingerprint density at radius 2 is 2.28 bits per heavy atom. The third-order valence-electron chi connectivity index (χ3n) is 5.43. The number of carbonyl (C=O) groups excluding carboxylic acids is 2. The molecule has 0 radical (unpaired) electrons. The van der Waals surface area contributed by atoms with E-state index in [0.29, 0.717) is 13.2 Å². The summed E-state index contributed by atoms with van der Waals surface area (Å²) in [6.45, 7) is 4.90. The van der Waals surface area contributed by atoms with Crippen molar-refractivity contribution in [1.82, 2.24) is 0 Å². The third-order valence-corrected chi connectivity index (χ3v) is 5.43. The number of carbonyl (C=O) groups is 2. The normalized spacial score (nSPS) is 32.3. The summed E-state index contributed by atoms with van der Waals surface area (Å²) in [6.07, 6.45) is 5.33. The lowest BCUT2D eigenvalue weighted by atomic mass is 9.77. The number of rotatable bonds is 5. The molecule has 2 saturated heterocycles. The second-order valence-electron chi connectivity index (χ2n) is 7.18. The minimum atomic E-state index is -0.695. The zero-order valence-corrected chi connectivity index (χ0v) is 14.6. The van der Waals surface area contributed by atoms with Crippen LogP contribution in [-0.2, 0) is 19.1 Å². The van der Waals surface area contributed by atoms with Crippen LogP contribution in [0.4, 0.5) is 5.69 Å². The van der Waals surface area contributed by atoms with E-state index >= 15 is 0 Å². The number of fused-ring (bicyclic) bond motifs is 1. The average molecular weight is 341 g/mol. The maximum absolute atomic E-state index is 13.1. The standard InChI is InChI=1S/C20H23NO4/c1-3-4-10-24-19(23)16-15-8-9-20(25-15)12-21(18(22)17(16)20)14-7-5-6-13(2)11-14/h5-9,11,15-17H,3-4,10,12H2,1-2H3/t15-,16+,17-,20-/m0/s1. The molecule has 1 spiro atoms. The Hall–Kier alpha value is -2.14. The lowest BCUT2D eigenvalue weighted by molar-refractivity contribution is -0.152. The highest BCUT2D eigenvalue weighted by Gasteiger charge is 2.67. The molecule has 0 saturated carbocycles. The van der Waals surface area contributed by atoms with Crippen molar-refractivity contribution >= 4 is 17.6 Å². The van der Waals surface area contributed by atoms with Gasteiger partial charge in [-0.3, -0.25) is 9.59 Å². The second kappa shape index (κ2) is 5.99. The van der Waals surface area contributed by atoms with Crippen molar-refractivity contribution in [2.24, 2.45) is 11.8 Å². The first-order valence-corrected chi connectivity index (χ1v) is 8.97. The highest BCUT2D eigenvalue weighted by molar-refractivity contribution is 6.02. The number of esters is 1. The lowest BCUT2D eigenvalue weighted by Crippen LogP contribution is -2.40. The fraction of sp³-hybridized carbons (Fsp3) is 0.500. The van der Waals surface area contributed by atoms with Gasteiger partial charge in [0.05, 0.1) is 25.2 Å². The van der Waals surface area contributed by atoms with Crippen molar-refractivity contribution in [2.45, 2.75) is 38.4 Å². The Morgan fingerprint density at radius 3 is 3.04 bits per heavy atom. The zero-order valence-electron chi connectivity index (χ0n) is 14.6. The molecule has 5 heteroatoms. The molecule has 3 aliphatic heterocycles. The molecule has 2 fully saturated rings. The number of unbranched alkanes of at least 4 members (excludes halogenated alkanes) is 1. The summed E-state index contributed by atoms with van der Waals surface area (Å²) in [7, 11) is 0. The first-order valence-electron chi connectivity index (χ1n) is 8.97. The molecule has 1 amide bonds. The molecule has 2 bridgehead atoms. The molecular formula is C20H23NO4. The quantitative estimate of drug-likeness (QED) is 0.469. The van der Waals surface area contributed by atoms with Gasteiger partial charge in [-0.1, -0.05) is 37.6 Å². The number of hydrogen-bond acceptors (Lipinski definition) is 4. The highest BCUT2D eigenvalue weighted by atomic mass is 16.6. The van der Waals surface area contributed by atoms with Crippen molar-refractivity contribution in [3.05, 3.63) is 42.0 Å². The van der Waals surface area contributed by atoms with E-state index in [1.807, 2.05) is 50.3 Å². The van der Waals surface area contributed by atoms with Crippen molar-refractivity contribution in [1.29, 1.82) is 0 Å². The minimum absolute atomic E-state index is 0.0464. The van der Waals surface area contributed by atoms with Crippen LogP contribution in [-0.4, -0.2) is 36.7 Å². The number of nitrogens with zero attached hydrogens (tertiary/aromatic N) is 1. The molecule has 5 nitrogen and oxygen atoms in total. The van der Waals surface area contributed by atoms with Crippen LogP contribution >= 0.6 is 0 Å². The maximum atomic E-state index is 13.1. The number of aryl methyl sites for hydroxylation is 1. The van der Waals surface area contributed by atoms with E-state index in [1.54, 1.807) is 4.90 Å². The van der Waals surface area contributed by atoms with Gasteiger partial charge in [0, 0.05) is 5.69 Å². The van der Waals surface area contributed by atoms with Crippen LogP contribution in [0, 0.1) is 18.8 Å². The SMILES string of the molecule is CCCCOC(=O)[C@@H]1[C@@H]2C=C[C@@]3(CN(c4cccc(C)c4)C(=O)[C@H]13)O2. The second-order valence-corrected chi connectivity index (χ2v) is 7.18. The van der Waals surface area contributed by atoms with Crippen molar-refractivity contribution in [3.63, 3.8) is 0 Å². The monoisotopic (exact) mass is 341 g/mol. The van der Waals surface area contributed by atoms with Gasteiger partial charge < -0.3 is 14.4 Å². The molecule has 4 rings (SSSR count). The fourth-order valence-corrected chi connectivity index (χ4v) is 4.20. The summed E-state index contributed by atoms with van der Waals surface area (Å²) in [5, 5.41) is 0. The van der Waals surface area contributed by atoms with Gasteiger partial charge in [-0.2, -0.15) is 0 Å². The van der Waals surface area contributed by atoms with E-state index in [2.05, 4.69) is 0 Å². The molecule has 4 atom stereocenters.